The van der Waals surface area contributed by atoms with Gasteiger partial charge in [0.1, 0.15) is 23.9 Å². The summed E-state index contributed by atoms with van der Waals surface area (Å²) in [7, 11) is -1.70. The molecule has 2 N–H and O–H groups in total. The number of halogens is 4. The van der Waals surface area contributed by atoms with Gasteiger partial charge in [-0.05, 0) is 47.9 Å². The summed E-state index contributed by atoms with van der Waals surface area (Å²) in [6.45, 7) is 3.04. The normalized spacial score (nSPS) is 14.4. The Bertz CT molecular complexity index is 1450. The number of alkyl halides is 3. The molecule has 1 fully saturated rings. The molecule has 0 unspecified atom stereocenters. The molecular weight excluding hydrogens is 533 g/mol. The predicted molar refractivity (Wildman–Crippen MR) is 145 cm³/mol. The summed E-state index contributed by atoms with van der Waals surface area (Å²) >= 11 is 1.13. The summed E-state index contributed by atoms with van der Waals surface area (Å²) in [5.41, 5.74) is -0.126. The maximum absolute atomic E-state index is 14.5. The molecule has 0 radical (unpaired) electrons. The molecule has 1 aromatic heterocycles. The van der Waals surface area contributed by atoms with Crippen molar-refractivity contribution in [2.75, 3.05) is 32.9 Å². The Labute approximate surface area is 227 Å². The van der Waals surface area contributed by atoms with Crippen LogP contribution >= 0.6 is 11.3 Å². The van der Waals surface area contributed by atoms with Gasteiger partial charge in [-0.3, -0.25) is 9.29 Å². The zero-order valence-electron chi connectivity index (χ0n) is 21.0. The monoisotopic (exact) mass is 559 g/mol. The minimum Gasteiger partial charge on any atom is -0.492 e. The van der Waals surface area contributed by atoms with Crippen LogP contribution in [0, 0.1) is 11.7 Å². The molecular formula is C28H26BF4NO4S. The van der Waals surface area contributed by atoms with E-state index in [0.717, 1.165) is 36.6 Å². The van der Waals surface area contributed by atoms with E-state index in [1.165, 1.54) is 12.1 Å². The summed E-state index contributed by atoms with van der Waals surface area (Å²) in [4.78, 5) is 2.47. The molecule has 5 rings (SSSR count). The van der Waals surface area contributed by atoms with Crippen molar-refractivity contribution in [1.82, 2.24) is 4.90 Å². The van der Waals surface area contributed by atoms with Crippen LogP contribution < -0.4 is 14.9 Å². The summed E-state index contributed by atoms with van der Waals surface area (Å²) < 4.78 is 68.2. The van der Waals surface area contributed by atoms with E-state index in [0.29, 0.717) is 52.3 Å². The smallest absolute Gasteiger partial charge is 0.488 e. The number of ether oxygens (including phenoxy) is 2. The summed E-state index contributed by atoms with van der Waals surface area (Å²) in [6, 6.07) is 14.8. The van der Waals surface area contributed by atoms with E-state index in [1.54, 1.807) is 36.4 Å². The highest BCUT2D eigenvalue weighted by molar-refractivity contribution is 7.22. The Balaban J connectivity index is 1.43. The molecule has 1 saturated heterocycles. The number of hydrogen-bond donors (Lipinski definition) is 2. The van der Waals surface area contributed by atoms with Gasteiger partial charge in [0.05, 0.1) is 11.6 Å². The lowest BCUT2D eigenvalue weighted by molar-refractivity contribution is 0.0178. The molecule has 4 aromatic rings. The van der Waals surface area contributed by atoms with Crippen LogP contribution in [0.5, 0.6) is 17.2 Å². The van der Waals surface area contributed by atoms with Crippen molar-refractivity contribution in [1.29, 1.82) is 0 Å². The van der Waals surface area contributed by atoms with E-state index in [1.807, 2.05) is 0 Å². The van der Waals surface area contributed by atoms with Crippen molar-refractivity contribution in [2.45, 2.75) is 12.8 Å². The van der Waals surface area contributed by atoms with E-state index in [9.17, 15) is 27.6 Å². The van der Waals surface area contributed by atoms with Gasteiger partial charge in [-0.25, -0.2) is 13.2 Å². The van der Waals surface area contributed by atoms with Gasteiger partial charge in [0.25, 0.3) is 5.92 Å². The average molecular weight is 559 g/mol. The second-order valence-electron chi connectivity index (χ2n) is 9.67. The number of hydrogen-bond acceptors (Lipinski definition) is 6. The second kappa shape index (κ2) is 11.2. The first kappa shape index (κ1) is 27.5. The maximum atomic E-state index is 14.5. The fourth-order valence-electron chi connectivity index (χ4n) is 4.58. The fourth-order valence-corrected chi connectivity index (χ4v) is 5.80. The summed E-state index contributed by atoms with van der Waals surface area (Å²) in [6.07, 6.45) is 0. The molecule has 0 bridgehead atoms. The van der Waals surface area contributed by atoms with Gasteiger partial charge >= 0.3 is 7.12 Å². The molecule has 5 nitrogen and oxygen atoms in total. The molecule has 2 heterocycles. The largest absolute Gasteiger partial charge is 0.492 e. The first-order valence-electron chi connectivity index (χ1n) is 12.4. The quantitative estimate of drug-likeness (QED) is 0.197. The molecule has 204 valence electrons. The van der Waals surface area contributed by atoms with Gasteiger partial charge in [-0.2, -0.15) is 0 Å². The van der Waals surface area contributed by atoms with Gasteiger partial charge in [-0.15, -0.1) is 11.3 Å². The number of fused-ring (bicyclic) bond motifs is 1. The average Bonchev–Trinajstić information content (AvgIpc) is 3.23. The molecule has 0 saturated carbocycles. The Morgan fingerprint density at radius 2 is 1.74 bits per heavy atom. The lowest BCUT2D eigenvalue weighted by Gasteiger charge is -2.37. The van der Waals surface area contributed by atoms with Crippen molar-refractivity contribution in [3.63, 3.8) is 0 Å². The van der Waals surface area contributed by atoms with Crippen molar-refractivity contribution in [3.05, 3.63) is 72.0 Å². The Hall–Kier alpha value is -3.12. The number of rotatable bonds is 10. The molecule has 11 heteroatoms. The minimum atomic E-state index is -3.32. The number of nitrogens with zero attached hydrogens (tertiary/aromatic N) is 1. The molecule has 0 atom stereocenters. The van der Waals surface area contributed by atoms with E-state index in [-0.39, 0.29) is 23.6 Å². The van der Waals surface area contributed by atoms with Crippen LogP contribution in [0.3, 0.4) is 0 Å². The Morgan fingerprint density at radius 3 is 2.41 bits per heavy atom. The van der Waals surface area contributed by atoms with E-state index >= 15 is 0 Å². The third kappa shape index (κ3) is 6.06. The van der Waals surface area contributed by atoms with E-state index < -0.39 is 24.4 Å². The van der Waals surface area contributed by atoms with E-state index in [4.69, 9.17) is 9.47 Å². The van der Waals surface area contributed by atoms with Crippen molar-refractivity contribution >= 4 is 34.0 Å². The van der Waals surface area contributed by atoms with E-state index in [2.05, 4.69) is 4.90 Å². The zero-order valence-corrected chi connectivity index (χ0v) is 21.9. The topological polar surface area (TPSA) is 62.2 Å². The SMILES string of the molecule is CC(F)(F)c1cc(F)ccc1-c1sc2cc(B(O)O)ccc2c1Oc1ccc(OCCN2CC(CF)C2)cc1. The zero-order chi connectivity index (χ0) is 27.7. The van der Waals surface area contributed by atoms with Crippen LogP contribution in [0.4, 0.5) is 17.6 Å². The molecule has 1 aliphatic heterocycles. The third-order valence-electron chi connectivity index (χ3n) is 6.64. The van der Waals surface area contributed by atoms with Crippen LogP contribution in [-0.4, -0.2) is 55.0 Å². The van der Waals surface area contributed by atoms with Gasteiger partial charge < -0.3 is 19.5 Å². The number of likely N-dealkylation sites (tertiary alicyclic amines) is 1. The molecule has 0 aliphatic carbocycles. The van der Waals surface area contributed by atoms with Gasteiger partial charge in [0.2, 0.25) is 0 Å². The minimum absolute atomic E-state index is 0.118. The van der Waals surface area contributed by atoms with Crippen LogP contribution in [0.25, 0.3) is 20.5 Å². The Morgan fingerprint density at radius 1 is 1.03 bits per heavy atom. The lowest BCUT2D eigenvalue weighted by atomic mass is 9.80. The summed E-state index contributed by atoms with van der Waals surface area (Å²) in [5.74, 6) is -2.65. The van der Waals surface area contributed by atoms with Crippen molar-refractivity contribution in [2.24, 2.45) is 5.92 Å². The second-order valence-corrected chi connectivity index (χ2v) is 10.7. The number of thiophene rings is 1. The highest BCUT2D eigenvalue weighted by Gasteiger charge is 2.31. The fraction of sp³-hybridized carbons (Fsp3) is 0.286. The third-order valence-corrected chi connectivity index (χ3v) is 7.80. The molecule has 0 spiro atoms. The molecule has 3 aromatic carbocycles. The molecule has 0 amide bonds. The lowest BCUT2D eigenvalue weighted by Crippen LogP contribution is -2.49. The van der Waals surface area contributed by atoms with Crippen molar-refractivity contribution < 1.29 is 37.1 Å². The highest BCUT2D eigenvalue weighted by atomic mass is 32.1. The van der Waals surface area contributed by atoms with Gasteiger partial charge in [-0.1, -0.05) is 18.2 Å². The molecule has 1 aliphatic rings. The van der Waals surface area contributed by atoms with Crippen LogP contribution in [0.1, 0.15) is 12.5 Å². The summed E-state index contributed by atoms with van der Waals surface area (Å²) in [5, 5.41) is 19.8. The standard InChI is InChI=1S/C28H26BF4NO4S/c1-28(32,33)24-13-19(31)3-9-22(24)27-26(23-8-2-18(29(35)36)12-25(23)39-27)38-21-6-4-20(5-7-21)37-11-10-34-15-17(14-30)16-34/h2-9,12-13,17,35-36H,10-11,14-16H2,1H3. The number of benzene rings is 3. The maximum Gasteiger partial charge on any atom is 0.488 e. The Kier molecular flexibility index (Phi) is 7.86. The highest BCUT2D eigenvalue weighted by Crippen LogP contribution is 2.49. The van der Waals surface area contributed by atoms with Crippen LogP contribution in [0.15, 0.2) is 60.7 Å². The van der Waals surface area contributed by atoms with Crippen LogP contribution in [-0.2, 0) is 5.92 Å². The van der Waals surface area contributed by atoms with Gasteiger partial charge in [0.15, 0.2) is 5.75 Å². The predicted octanol–water partition coefficient (Wildman–Crippen LogP) is 5.57. The van der Waals surface area contributed by atoms with Gasteiger partial charge in [0, 0.05) is 53.7 Å². The van der Waals surface area contributed by atoms with Crippen LogP contribution in [0.2, 0.25) is 0 Å². The van der Waals surface area contributed by atoms with Crippen molar-refractivity contribution in [3.8, 4) is 27.7 Å². The first-order valence-corrected chi connectivity index (χ1v) is 13.2. The first-order chi connectivity index (χ1) is 18.6. The molecule has 39 heavy (non-hydrogen) atoms.